The molecule has 0 radical (unpaired) electrons. The fourth-order valence-corrected chi connectivity index (χ4v) is 2.14. The molecule has 0 saturated heterocycles. The van der Waals surface area contributed by atoms with Crippen LogP contribution in [-0.2, 0) is 0 Å². The number of phenolic OH excluding ortho intramolecular Hbond substituents is 1. The standard InChI is InChI=1S/C16H11FO4/c1-20-10-3-5-12(14(17)7-10)16(19)13-8-21-15-6-9(18)2-4-11(13)15/h2-8,18H,1H3. The number of hydrogen-bond donors (Lipinski definition) is 1. The van der Waals surface area contributed by atoms with E-state index in [-0.39, 0.29) is 16.9 Å². The van der Waals surface area contributed by atoms with Gasteiger partial charge in [-0.05, 0) is 24.3 Å². The second-order valence-electron chi connectivity index (χ2n) is 4.50. The van der Waals surface area contributed by atoms with Crippen molar-refractivity contribution < 1.29 is 23.4 Å². The van der Waals surface area contributed by atoms with Crippen LogP contribution in [0.3, 0.4) is 0 Å². The van der Waals surface area contributed by atoms with Gasteiger partial charge in [0.2, 0.25) is 0 Å². The number of carbonyl (C=O) groups excluding carboxylic acids is 1. The third-order valence-corrected chi connectivity index (χ3v) is 3.22. The van der Waals surface area contributed by atoms with Gasteiger partial charge in [-0.15, -0.1) is 0 Å². The summed E-state index contributed by atoms with van der Waals surface area (Å²) in [6, 6.07) is 8.44. The van der Waals surface area contributed by atoms with E-state index in [9.17, 15) is 14.3 Å². The van der Waals surface area contributed by atoms with E-state index < -0.39 is 11.6 Å². The molecular formula is C16H11FO4. The quantitative estimate of drug-likeness (QED) is 0.748. The molecule has 0 fully saturated rings. The number of rotatable bonds is 3. The average molecular weight is 286 g/mol. The molecule has 0 bridgehead atoms. The third-order valence-electron chi connectivity index (χ3n) is 3.22. The molecule has 4 nitrogen and oxygen atoms in total. The van der Waals surface area contributed by atoms with Crippen LogP contribution < -0.4 is 4.74 Å². The lowest BCUT2D eigenvalue weighted by molar-refractivity contribution is 0.103. The van der Waals surface area contributed by atoms with E-state index in [0.717, 1.165) is 6.07 Å². The van der Waals surface area contributed by atoms with E-state index in [0.29, 0.717) is 16.7 Å². The molecule has 1 aromatic heterocycles. The minimum absolute atomic E-state index is 0.0338. The van der Waals surface area contributed by atoms with Crippen LogP contribution in [0.25, 0.3) is 11.0 Å². The SMILES string of the molecule is COc1ccc(C(=O)c2coc3cc(O)ccc23)c(F)c1. The molecule has 3 aromatic rings. The van der Waals surface area contributed by atoms with Crippen LogP contribution in [0.4, 0.5) is 4.39 Å². The minimum atomic E-state index is -0.660. The van der Waals surface area contributed by atoms with Crippen molar-refractivity contribution in [1.82, 2.24) is 0 Å². The fourth-order valence-electron chi connectivity index (χ4n) is 2.14. The Bertz CT molecular complexity index is 835. The highest BCUT2D eigenvalue weighted by atomic mass is 19.1. The zero-order chi connectivity index (χ0) is 15.0. The molecule has 0 saturated carbocycles. The van der Waals surface area contributed by atoms with Crippen molar-refractivity contribution in [3.63, 3.8) is 0 Å². The molecule has 106 valence electrons. The summed E-state index contributed by atoms with van der Waals surface area (Å²) in [5.74, 6) is -0.774. The van der Waals surface area contributed by atoms with E-state index in [4.69, 9.17) is 9.15 Å². The molecule has 1 N–H and O–H groups in total. The molecule has 3 rings (SSSR count). The first kappa shape index (κ1) is 13.2. The van der Waals surface area contributed by atoms with Gasteiger partial charge < -0.3 is 14.3 Å². The first-order valence-corrected chi connectivity index (χ1v) is 6.18. The Balaban J connectivity index is 2.08. The molecule has 2 aromatic carbocycles. The third kappa shape index (κ3) is 2.23. The van der Waals surface area contributed by atoms with Crippen molar-refractivity contribution in [2.75, 3.05) is 7.11 Å². The number of hydrogen-bond acceptors (Lipinski definition) is 4. The van der Waals surface area contributed by atoms with Gasteiger partial charge in [-0.1, -0.05) is 0 Å². The maximum atomic E-state index is 14.0. The van der Waals surface area contributed by atoms with Gasteiger partial charge in [0.05, 0.1) is 18.2 Å². The molecular weight excluding hydrogens is 275 g/mol. The lowest BCUT2D eigenvalue weighted by Gasteiger charge is -2.04. The first-order valence-electron chi connectivity index (χ1n) is 6.18. The van der Waals surface area contributed by atoms with Gasteiger partial charge in [-0.2, -0.15) is 0 Å². The zero-order valence-electron chi connectivity index (χ0n) is 11.1. The number of aromatic hydroxyl groups is 1. The fraction of sp³-hybridized carbons (Fsp3) is 0.0625. The largest absolute Gasteiger partial charge is 0.508 e. The molecule has 0 atom stereocenters. The molecule has 0 aliphatic carbocycles. The maximum Gasteiger partial charge on any atom is 0.199 e. The van der Waals surface area contributed by atoms with E-state index in [1.54, 1.807) is 6.07 Å². The lowest BCUT2D eigenvalue weighted by atomic mass is 10.0. The molecule has 0 aliphatic heterocycles. The zero-order valence-corrected chi connectivity index (χ0v) is 11.1. The van der Waals surface area contributed by atoms with Crippen molar-refractivity contribution in [3.05, 3.63) is 59.6 Å². The van der Waals surface area contributed by atoms with Gasteiger partial charge in [-0.3, -0.25) is 4.79 Å². The molecule has 0 aliphatic rings. The average Bonchev–Trinajstić information content (AvgIpc) is 2.89. The summed E-state index contributed by atoms with van der Waals surface area (Å²) in [7, 11) is 1.42. The van der Waals surface area contributed by atoms with Crippen LogP contribution in [0.1, 0.15) is 15.9 Å². The van der Waals surface area contributed by atoms with Gasteiger partial charge in [0.1, 0.15) is 29.2 Å². The summed E-state index contributed by atoms with van der Waals surface area (Å²) in [6.45, 7) is 0. The number of methoxy groups -OCH3 is 1. The number of ether oxygens (including phenoxy) is 1. The van der Waals surface area contributed by atoms with Gasteiger partial charge in [0.15, 0.2) is 5.78 Å². The number of carbonyl (C=O) groups is 1. The lowest BCUT2D eigenvalue weighted by Crippen LogP contribution is -2.03. The van der Waals surface area contributed by atoms with Crippen LogP contribution in [0, 0.1) is 5.82 Å². The van der Waals surface area contributed by atoms with E-state index >= 15 is 0 Å². The first-order chi connectivity index (χ1) is 10.1. The summed E-state index contributed by atoms with van der Waals surface area (Å²) < 4.78 is 24.1. The Morgan fingerprint density at radius 3 is 2.71 bits per heavy atom. The van der Waals surface area contributed by atoms with Gasteiger partial charge >= 0.3 is 0 Å². The molecule has 1 heterocycles. The highest BCUT2D eigenvalue weighted by Crippen LogP contribution is 2.28. The predicted molar refractivity (Wildman–Crippen MR) is 74.3 cm³/mol. The van der Waals surface area contributed by atoms with E-state index in [1.807, 2.05) is 0 Å². The number of furan rings is 1. The smallest absolute Gasteiger partial charge is 0.199 e. The summed E-state index contributed by atoms with van der Waals surface area (Å²) in [5.41, 5.74) is 0.549. The summed E-state index contributed by atoms with van der Waals surface area (Å²) >= 11 is 0. The van der Waals surface area contributed by atoms with Gasteiger partial charge in [0, 0.05) is 17.5 Å². The second kappa shape index (κ2) is 4.94. The minimum Gasteiger partial charge on any atom is -0.508 e. The van der Waals surface area contributed by atoms with Crippen molar-refractivity contribution in [1.29, 1.82) is 0 Å². The maximum absolute atomic E-state index is 14.0. The van der Waals surface area contributed by atoms with Crippen molar-refractivity contribution in [2.24, 2.45) is 0 Å². The topological polar surface area (TPSA) is 59.7 Å². The number of phenols is 1. The van der Waals surface area contributed by atoms with Crippen LogP contribution in [0.5, 0.6) is 11.5 Å². The van der Waals surface area contributed by atoms with E-state index in [2.05, 4.69) is 0 Å². The second-order valence-corrected chi connectivity index (χ2v) is 4.50. The Hall–Kier alpha value is -2.82. The number of fused-ring (bicyclic) bond motifs is 1. The van der Waals surface area contributed by atoms with Crippen molar-refractivity contribution in [2.45, 2.75) is 0 Å². The Morgan fingerprint density at radius 2 is 2.00 bits per heavy atom. The van der Waals surface area contributed by atoms with E-state index in [1.165, 1.54) is 37.6 Å². The van der Waals surface area contributed by atoms with Crippen LogP contribution in [-0.4, -0.2) is 18.0 Å². The molecule has 21 heavy (non-hydrogen) atoms. The number of ketones is 1. The Morgan fingerprint density at radius 1 is 1.19 bits per heavy atom. The van der Waals surface area contributed by atoms with Crippen LogP contribution in [0.2, 0.25) is 0 Å². The monoisotopic (exact) mass is 286 g/mol. The predicted octanol–water partition coefficient (Wildman–Crippen LogP) is 3.52. The van der Waals surface area contributed by atoms with Crippen molar-refractivity contribution >= 4 is 16.8 Å². The normalized spacial score (nSPS) is 10.8. The highest BCUT2D eigenvalue weighted by Gasteiger charge is 2.19. The summed E-state index contributed by atoms with van der Waals surface area (Å²) in [6.07, 6.45) is 1.26. The molecule has 0 spiro atoms. The molecule has 0 amide bonds. The highest BCUT2D eigenvalue weighted by molar-refractivity contribution is 6.16. The van der Waals surface area contributed by atoms with Gasteiger partial charge in [-0.25, -0.2) is 4.39 Å². The molecule has 5 heteroatoms. The summed E-state index contributed by atoms with van der Waals surface area (Å²) in [4.78, 5) is 12.4. The molecule has 0 unspecified atom stereocenters. The summed E-state index contributed by atoms with van der Waals surface area (Å²) in [5, 5.41) is 9.90. The van der Waals surface area contributed by atoms with Crippen LogP contribution in [0.15, 0.2) is 47.1 Å². The Kier molecular flexibility index (Phi) is 3.10. The van der Waals surface area contributed by atoms with Crippen LogP contribution >= 0.6 is 0 Å². The van der Waals surface area contributed by atoms with Gasteiger partial charge in [0.25, 0.3) is 0 Å². The van der Waals surface area contributed by atoms with Crippen molar-refractivity contribution in [3.8, 4) is 11.5 Å². The Labute approximate surface area is 119 Å². The number of halogens is 1. The number of benzene rings is 2.